The van der Waals surface area contributed by atoms with Gasteiger partial charge in [0.05, 0.1) is 19.3 Å². The summed E-state index contributed by atoms with van der Waals surface area (Å²) in [5.74, 6) is 2.04. The molecule has 1 atom stereocenters. The SMILES string of the molecule is CC#CCOC1(C(=O)c2c(F)ccn2[C@H](C)c2ccccc2)OCCO1. The summed E-state index contributed by atoms with van der Waals surface area (Å²) < 4.78 is 32.4. The minimum Gasteiger partial charge on any atom is -0.335 e. The Morgan fingerprint density at radius 2 is 2.00 bits per heavy atom. The molecule has 0 saturated carbocycles. The summed E-state index contributed by atoms with van der Waals surface area (Å²) in [6, 6.07) is 10.5. The quantitative estimate of drug-likeness (QED) is 0.589. The molecule has 136 valence electrons. The molecule has 26 heavy (non-hydrogen) atoms. The first-order valence-electron chi connectivity index (χ1n) is 8.36. The van der Waals surface area contributed by atoms with Gasteiger partial charge in [0.25, 0.3) is 5.78 Å². The monoisotopic (exact) mass is 357 g/mol. The van der Waals surface area contributed by atoms with Crippen molar-refractivity contribution in [1.29, 1.82) is 0 Å². The number of nitrogens with zero attached hydrogens (tertiary/aromatic N) is 1. The van der Waals surface area contributed by atoms with Crippen LogP contribution in [-0.2, 0) is 14.2 Å². The smallest absolute Gasteiger partial charge is 0.335 e. The van der Waals surface area contributed by atoms with E-state index in [9.17, 15) is 9.18 Å². The zero-order valence-corrected chi connectivity index (χ0v) is 14.7. The number of hydrogen-bond donors (Lipinski definition) is 0. The van der Waals surface area contributed by atoms with Crippen LogP contribution in [0.15, 0.2) is 42.6 Å². The van der Waals surface area contributed by atoms with Gasteiger partial charge in [-0.05, 0) is 25.5 Å². The second kappa shape index (κ2) is 7.83. The number of Topliss-reactive ketones (excluding diaryl/α,β-unsaturated/α-hetero) is 1. The lowest BCUT2D eigenvalue weighted by Gasteiger charge is -2.26. The zero-order valence-electron chi connectivity index (χ0n) is 14.7. The van der Waals surface area contributed by atoms with E-state index in [1.54, 1.807) is 11.5 Å². The minimum atomic E-state index is -1.96. The first-order chi connectivity index (χ1) is 12.6. The van der Waals surface area contributed by atoms with Gasteiger partial charge in [-0.15, -0.1) is 5.92 Å². The Balaban J connectivity index is 1.96. The van der Waals surface area contributed by atoms with Crippen LogP contribution >= 0.6 is 0 Å². The lowest BCUT2D eigenvalue weighted by molar-refractivity contribution is -0.285. The Labute approximate surface area is 151 Å². The van der Waals surface area contributed by atoms with Crippen molar-refractivity contribution in [2.24, 2.45) is 0 Å². The van der Waals surface area contributed by atoms with E-state index in [4.69, 9.17) is 14.2 Å². The molecule has 0 bridgehead atoms. The second-order valence-corrected chi connectivity index (χ2v) is 5.80. The number of aromatic nitrogens is 1. The van der Waals surface area contributed by atoms with E-state index in [2.05, 4.69) is 11.8 Å². The van der Waals surface area contributed by atoms with Gasteiger partial charge in [-0.3, -0.25) is 4.79 Å². The van der Waals surface area contributed by atoms with Gasteiger partial charge in [-0.2, -0.15) is 0 Å². The molecule has 0 spiro atoms. The van der Waals surface area contributed by atoms with Crippen LogP contribution in [0, 0.1) is 17.7 Å². The molecule has 1 aromatic heterocycles. The Hall–Kier alpha value is -2.46. The third-order valence-electron chi connectivity index (χ3n) is 4.24. The Morgan fingerprint density at radius 1 is 1.31 bits per heavy atom. The van der Waals surface area contributed by atoms with Crippen LogP contribution in [0.3, 0.4) is 0 Å². The molecule has 0 N–H and O–H groups in total. The molecule has 1 saturated heterocycles. The van der Waals surface area contributed by atoms with Crippen LogP contribution in [0.25, 0.3) is 0 Å². The molecule has 0 aliphatic carbocycles. The van der Waals surface area contributed by atoms with Crippen molar-refractivity contribution < 1.29 is 23.4 Å². The number of benzene rings is 1. The van der Waals surface area contributed by atoms with Crippen molar-refractivity contribution in [2.45, 2.75) is 25.9 Å². The summed E-state index contributed by atoms with van der Waals surface area (Å²) in [4.78, 5) is 13.1. The Kier molecular flexibility index (Phi) is 5.52. The molecule has 1 aromatic carbocycles. The molecule has 0 unspecified atom stereocenters. The van der Waals surface area contributed by atoms with E-state index in [0.717, 1.165) is 5.56 Å². The highest BCUT2D eigenvalue weighted by Crippen LogP contribution is 2.30. The summed E-state index contributed by atoms with van der Waals surface area (Å²) in [5.41, 5.74) is 0.796. The van der Waals surface area contributed by atoms with Gasteiger partial charge in [0.1, 0.15) is 12.3 Å². The van der Waals surface area contributed by atoms with E-state index in [1.165, 1.54) is 12.3 Å². The lowest BCUT2D eigenvalue weighted by Crippen LogP contribution is -2.44. The van der Waals surface area contributed by atoms with Crippen LogP contribution in [-0.4, -0.2) is 36.1 Å². The fourth-order valence-corrected chi connectivity index (χ4v) is 2.89. The highest BCUT2D eigenvalue weighted by molar-refractivity contribution is 5.99. The van der Waals surface area contributed by atoms with Gasteiger partial charge >= 0.3 is 5.97 Å². The summed E-state index contributed by atoms with van der Waals surface area (Å²) in [6.45, 7) is 3.85. The molecule has 1 aliphatic heterocycles. The second-order valence-electron chi connectivity index (χ2n) is 5.80. The van der Waals surface area contributed by atoms with Crippen LogP contribution in [0.2, 0.25) is 0 Å². The minimum absolute atomic E-state index is 0.0567. The molecular formula is C20H20FNO4. The van der Waals surface area contributed by atoms with Crippen LogP contribution in [0.5, 0.6) is 0 Å². The number of hydrogen-bond acceptors (Lipinski definition) is 4. The third kappa shape index (κ3) is 3.42. The van der Waals surface area contributed by atoms with Crippen molar-refractivity contribution in [3.05, 3.63) is 59.7 Å². The number of ketones is 1. The average Bonchev–Trinajstić information content (AvgIpc) is 3.29. The fourth-order valence-electron chi connectivity index (χ4n) is 2.89. The van der Waals surface area contributed by atoms with E-state index in [1.807, 2.05) is 37.3 Å². The van der Waals surface area contributed by atoms with Gasteiger partial charge in [0.2, 0.25) is 0 Å². The standard InChI is InChI=1S/C20H20FNO4/c1-3-4-12-24-20(25-13-14-26-20)19(23)18-17(21)10-11-22(18)15(2)16-8-6-5-7-9-16/h5-11,15H,12-14H2,1-2H3/t15-/m1/s1. The number of halogens is 1. The maximum atomic E-state index is 14.5. The number of ether oxygens (including phenoxy) is 3. The molecule has 6 heteroatoms. The van der Waals surface area contributed by atoms with Gasteiger partial charge in [0.15, 0.2) is 5.82 Å². The van der Waals surface area contributed by atoms with Crippen LogP contribution < -0.4 is 0 Å². The summed E-state index contributed by atoms with van der Waals surface area (Å²) >= 11 is 0. The van der Waals surface area contributed by atoms with E-state index >= 15 is 0 Å². The fraction of sp³-hybridized carbons (Fsp3) is 0.350. The number of rotatable bonds is 6. The number of carbonyl (C=O) groups excluding carboxylic acids is 1. The first-order valence-corrected chi connectivity index (χ1v) is 8.36. The third-order valence-corrected chi connectivity index (χ3v) is 4.24. The average molecular weight is 357 g/mol. The van der Waals surface area contributed by atoms with Crippen LogP contribution in [0.4, 0.5) is 4.39 Å². The molecule has 1 aliphatic rings. The summed E-state index contributed by atoms with van der Waals surface area (Å²) in [7, 11) is 0. The van der Waals surface area contributed by atoms with Crippen molar-refractivity contribution in [1.82, 2.24) is 4.57 Å². The first kappa shape index (κ1) is 18.3. The largest absolute Gasteiger partial charge is 0.354 e. The van der Waals surface area contributed by atoms with Crippen molar-refractivity contribution in [3.63, 3.8) is 0 Å². The number of carbonyl (C=O) groups is 1. The lowest BCUT2D eigenvalue weighted by atomic mass is 10.1. The highest BCUT2D eigenvalue weighted by atomic mass is 19.1. The maximum Gasteiger partial charge on any atom is 0.354 e. The predicted molar refractivity (Wildman–Crippen MR) is 93.0 cm³/mol. The van der Waals surface area contributed by atoms with E-state index in [-0.39, 0.29) is 31.6 Å². The Bertz CT molecular complexity index is 828. The van der Waals surface area contributed by atoms with Crippen LogP contribution in [0.1, 0.15) is 35.9 Å². The topological polar surface area (TPSA) is 49.7 Å². The summed E-state index contributed by atoms with van der Waals surface area (Å²) in [6.07, 6.45) is 1.54. The zero-order chi connectivity index (χ0) is 18.6. The van der Waals surface area contributed by atoms with Crippen molar-refractivity contribution >= 4 is 5.78 Å². The molecule has 0 amide bonds. The normalized spacial score (nSPS) is 16.7. The molecule has 0 radical (unpaired) electrons. The van der Waals surface area contributed by atoms with Crippen molar-refractivity contribution in [3.8, 4) is 11.8 Å². The maximum absolute atomic E-state index is 14.5. The van der Waals surface area contributed by atoms with Crippen molar-refractivity contribution in [2.75, 3.05) is 19.8 Å². The van der Waals surface area contributed by atoms with Gasteiger partial charge in [-0.25, -0.2) is 4.39 Å². The molecule has 2 aromatic rings. The van der Waals surface area contributed by atoms with Gasteiger partial charge in [-0.1, -0.05) is 36.3 Å². The van der Waals surface area contributed by atoms with E-state index in [0.29, 0.717) is 0 Å². The predicted octanol–water partition coefficient (Wildman–Crippen LogP) is 3.16. The molecule has 5 nitrogen and oxygen atoms in total. The van der Waals surface area contributed by atoms with Gasteiger partial charge < -0.3 is 18.8 Å². The molecular weight excluding hydrogens is 337 g/mol. The molecule has 1 fully saturated rings. The molecule has 2 heterocycles. The highest BCUT2D eigenvalue weighted by Gasteiger charge is 2.49. The Morgan fingerprint density at radius 3 is 2.65 bits per heavy atom. The van der Waals surface area contributed by atoms with E-state index < -0.39 is 17.6 Å². The van der Waals surface area contributed by atoms with Gasteiger partial charge in [0, 0.05) is 6.20 Å². The molecule has 3 rings (SSSR count). The summed E-state index contributed by atoms with van der Waals surface area (Å²) in [5, 5.41) is 0.